The van der Waals surface area contributed by atoms with Crippen molar-refractivity contribution in [2.75, 3.05) is 38.3 Å². The predicted octanol–water partition coefficient (Wildman–Crippen LogP) is 2.03. The lowest BCUT2D eigenvalue weighted by Gasteiger charge is -2.28. The van der Waals surface area contributed by atoms with Crippen LogP contribution in [-0.2, 0) is 11.3 Å². The molecule has 1 aromatic carbocycles. The third-order valence-electron chi connectivity index (χ3n) is 4.53. The van der Waals surface area contributed by atoms with Crippen molar-refractivity contribution in [1.29, 1.82) is 0 Å². The molecule has 134 valence electrons. The van der Waals surface area contributed by atoms with E-state index in [1.54, 1.807) is 13.4 Å². The van der Waals surface area contributed by atoms with Gasteiger partial charge in [0.15, 0.2) is 5.65 Å². The Hall–Kier alpha value is -2.77. The summed E-state index contributed by atoms with van der Waals surface area (Å²) in [4.78, 5) is 15.7. The molecule has 1 aliphatic heterocycles. The molecule has 4 rings (SSSR count). The molecule has 0 saturated carbocycles. The summed E-state index contributed by atoms with van der Waals surface area (Å²) < 4.78 is 10.7. The highest BCUT2D eigenvalue weighted by Crippen LogP contribution is 2.29. The zero-order valence-electron chi connectivity index (χ0n) is 14.6. The molecular weight excluding hydrogens is 332 g/mol. The second-order valence-corrected chi connectivity index (χ2v) is 6.05. The highest BCUT2D eigenvalue weighted by atomic mass is 16.5. The first-order valence-electron chi connectivity index (χ1n) is 8.53. The molecule has 26 heavy (non-hydrogen) atoms. The number of nitrogens with zero attached hydrogens (tertiary/aromatic N) is 4. The number of benzene rings is 1. The second kappa shape index (κ2) is 7.23. The van der Waals surface area contributed by atoms with Crippen LogP contribution in [0.1, 0.15) is 5.56 Å². The molecule has 0 bridgehead atoms. The number of methoxy groups -OCH3 is 1. The summed E-state index contributed by atoms with van der Waals surface area (Å²) in [5.41, 5.74) is 3.08. The van der Waals surface area contributed by atoms with Gasteiger partial charge in [-0.2, -0.15) is 0 Å². The number of fused-ring (bicyclic) bond motifs is 1. The van der Waals surface area contributed by atoms with Crippen molar-refractivity contribution in [3.63, 3.8) is 0 Å². The summed E-state index contributed by atoms with van der Waals surface area (Å²) in [6.45, 7) is 2.94. The fraction of sp³-hybridized carbons (Fsp3) is 0.316. The molecule has 1 N–H and O–H groups in total. The first-order chi connectivity index (χ1) is 12.8. The third kappa shape index (κ3) is 3.07. The lowest BCUT2D eigenvalue weighted by molar-refractivity contribution is 0.122. The Labute approximate surface area is 151 Å². The largest absolute Gasteiger partial charge is 0.496 e. The van der Waals surface area contributed by atoms with Crippen molar-refractivity contribution >= 4 is 16.9 Å². The smallest absolute Gasteiger partial charge is 0.165 e. The first-order valence-corrected chi connectivity index (χ1v) is 8.53. The number of anilines is 1. The Bertz CT molecular complexity index is 926. The molecule has 2 aromatic heterocycles. The summed E-state index contributed by atoms with van der Waals surface area (Å²) in [5, 5.41) is 10.5. The quantitative estimate of drug-likeness (QED) is 0.769. The molecule has 0 unspecified atom stereocenters. The molecule has 0 radical (unpaired) electrons. The number of rotatable bonds is 4. The minimum Gasteiger partial charge on any atom is -0.496 e. The summed E-state index contributed by atoms with van der Waals surface area (Å²) in [5.74, 6) is 1.55. The number of aliphatic hydroxyl groups is 1. The van der Waals surface area contributed by atoms with Crippen LogP contribution < -0.4 is 9.64 Å². The van der Waals surface area contributed by atoms with Gasteiger partial charge in [-0.1, -0.05) is 0 Å². The molecule has 7 heteroatoms. The lowest BCUT2D eigenvalue weighted by atomic mass is 10.1. The van der Waals surface area contributed by atoms with Crippen molar-refractivity contribution in [2.45, 2.75) is 6.61 Å². The molecule has 1 fully saturated rings. The molecule has 0 aliphatic carbocycles. The summed E-state index contributed by atoms with van der Waals surface area (Å²) in [7, 11) is 1.59. The average molecular weight is 352 g/mol. The van der Waals surface area contributed by atoms with Gasteiger partial charge in [-0.25, -0.2) is 15.0 Å². The molecule has 3 heterocycles. The van der Waals surface area contributed by atoms with E-state index in [0.29, 0.717) is 24.6 Å². The third-order valence-corrected chi connectivity index (χ3v) is 4.53. The molecule has 0 spiro atoms. The zero-order valence-corrected chi connectivity index (χ0v) is 14.6. The number of pyridine rings is 1. The monoisotopic (exact) mass is 352 g/mol. The topological polar surface area (TPSA) is 80.6 Å². The van der Waals surface area contributed by atoms with Crippen molar-refractivity contribution in [3.8, 4) is 17.0 Å². The zero-order chi connectivity index (χ0) is 17.9. The fourth-order valence-corrected chi connectivity index (χ4v) is 3.18. The number of hydrogen-bond donors (Lipinski definition) is 1. The first kappa shape index (κ1) is 16.7. The number of morpholine rings is 1. The number of ether oxygens (including phenoxy) is 2. The highest BCUT2D eigenvalue weighted by Gasteiger charge is 2.16. The molecule has 0 atom stereocenters. The molecule has 0 amide bonds. The average Bonchev–Trinajstić information content (AvgIpc) is 2.73. The highest BCUT2D eigenvalue weighted by molar-refractivity contribution is 5.88. The van der Waals surface area contributed by atoms with Crippen LogP contribution in [0.5, 0.6) is 5.75 Å². The van der Waals surface area contributed by atoms with Crippen LogP contribution in [0.25, 0.3) is 22.3 Å². The molecule has 1 saturated heterocycles. The van der Waals surface area contributed by atoms with E-state index in [4.69, 9.17) is 14.5 Å². The van der Waals surface area contributed by atoms with Gasteiger partial charge in [-0.05, 0) is 30.3 Å². The standard InChI is InChI=1S/C19H20N4O3/c1-25-17-5-2-13(10-14(17)11-24)16-4-3-15-18(22-16)20-12-21-19(15)23-6-8-26-9-7-23/h2-5,10,12,24H,6-9,11H2,1H3. The van der Waals surface area contributed by atoms with Crippen LogP contribution in [0.4, 0.5) is 5.82 Å². The van der Waals surface area contributed by atoms with Crippen molar-refractivity contribution in [1.82, 2.24) is 15.0 Å². The van der Waals surface area contributed by atoms with Crippen LogP contribution in [0.2, 0.25) is 0 Å². The summed E-state index contributed by atoms with van der Waals surface area (Å²) in [6.07, 6.45) is 1.55. The van der Waals surface area contributed by atoms with Gasteiger partial charge in [0.1, 0.15) is 17.9 Å². The van der Waals surface area contributed by atoms with E-state index in [2.05, 4.69) is 14.9 Å². The Balaban J connectivity index is 1.74. The Kier molecular flexibility index (Phi) is 4.64. The van der Waals surface area contributed by atoms with Gasteiger partial charge >= 0.3 is 0 Å². The van der Waals surface area contributed by atoms with Gasteiger partial charge in [0.05, 0.1) is 38.0 Å². The van der Waals surface area contributed by atoms with Crippen LogP contribution in [-0.4, -0.2) is 53.5 Å². The van der Waals surface area contributed by atoms with E-state index < -0.39 is 0 Å². The van der Waals surface area contributed by atoms with Gasteiger partial charge < -0.3 is 19.5 Å². The van der Waals surface area contributed by atoms with E-state index in [-0.39, 0.29) is 6.61 Å². The van der Waals surface area contributed by atoms with Crippen LogP contribution in [0.3, 0.4) is 0 Å². The molecule has 1 aliphatic rings. The van der Waals surface area contributed by atoms with Crippen LogP contribution >= 0.6 is 0 Å². The Morgan fingerprint density at radius 3 is 2.77 bits per heavy atom. The fourth-order valence-electron chi connectivity index (χ4n) is 3.18. The van der Waals surface area contributed by atoms with Crippen molar-refractivity contribution in [3.05, 3.63) is 42.2 Å². The Morgan fingerprint density at radius 1 is 1.15 bits per heavy atom. The Morgan fingerprint density at radius 2 is 2.00 bits per heavy atom. The van der Waals surface area contributed by atoms with E-state index in [9.17, 15) is 5.11 Å². The van der Waals surface area contributed by atoms with E-state index in [0.717, 1.165) is 41.1 Å². The minimum absolute atomic E-state index is 0.0893. The number of aromatic nitrogens is 3. The van der Waals surface area contributed by atoms with E-state index in [1.807, 2.05) is 30.3 Å². The minimum atomic E-state index is -0.0893. The number of aliphatic hydroxyl groups excluding tert-OH is 1. The summed E-state index contributed by atoms with van der Waals surface area (Å²) >= 11 is 0. The molecule has 3 aromatic rings. The van der Waals surface area contributed by atoms with Crippen LogP contribution in [0.15, 0.2) is 36.7 Å². The van der Waals surface area contributed by atoms with Gasteiger partial charge in [0.25, 0.3) is 0 Å². The normalized spacial score (nSPS) is 14.6. The predicted molar refractivity (Wildman–Crippen MR) is 98.3 cm³/mol. The van der Waals surface area contributed by atoms with Gasteiger partial charge in [0.2, 0.25) is 0 Å². The van der Waals surface area contributed by atoms with Crippen LogP contribution in [0, 0.1) is 0 Å². The maximum absolute atomic E-state index is 9.54. The van der Waals surface area contributed by atoms with Gasteiger partial charge in [-0.3, -0.25) is 0 Å². The lowest BCUT2D eigenvalue weighted by Crippen LogP contribution is -2.36. The second-order valence-electron chi connectivity index (χ2n) is 6.05. The van der Waals surface area contributed by atoms with Crippen molar-refractivity contribution < 1.29 is 14.6 Å². The summed E-state index contributed by atoms with van der Waals surface area (Å²) in [6, 6.07) is 9.61. The number of hydrogen-bond acceptors (Lipinski definition) is 7. The molecule has 7 nitrogen and oxygen atoms in total. The van der Waals surface area contributed by atoms with E-state index >= 15 is 0 Å². The van der Waals surface area contributed by atoms with Gasteiger partial charge in [0, 0.05) is 24.2 Å². The molecular formula is C19H20N4O3. The van der Waals surface area contributed by atoms with Gasteiger partial charge in [-0.15, -0.1) is 0 Å². The van der Waals surface area contributed by atoms with E-state index in [1.165, 1.54) is 0 Å². The van der Waals surface area contributed by atoms with Crippen molar-refractivity contribution in [2.24, 2.45) is 0 Å². The SMILES string of the molecule is COc1ccc(-c2ccc3c(N4CCOCC4)ncnc3n2)cc1CO. The maximum atomic E-state index is 9.54. The maximum Gasteiger partial charge on any atom is 0.165 e.